The lowest BCUT2D eigenvalue weighted by Crippen LogP contribution is -1.97. The molecule has 0 aliphatic heterocycles. The zero-order valence-corrected chi connectivity index (χ0v) is 19.7. The second-order valence-corrected chi connectivity index (χ2v) is 9.17. The summed E-state index contributed by atoms with van der Waals surface area (Å²) in [5, 5.41) is 0. The van der Waals surface area contributed by atoms with Crippen molar-refractivity contribution in [3.8, 4) is 11.1 Å². The maximum atomic E-state index is 2.44. The van der Waals surface area contributed by atoms with E-state index in [1.165, 1.54) is 56.5 Å². The summed E-state index contributed by atoms with van der Waals surface area (Å²) >= 11 is 0. The third-order valence-electron chi connectivity index (χ3n) is 6.45. The Morgan fingerprint density at radius 3 is 1.78 bits per heavy atom. The Kier molecular flexibility index (Phi) is 7.22. The van der Waals surface area contributed by atoms with Crippen LogP contribution in [0.25, 0.3) is 11.1 Å². The molecule has 0 aromatic heterocycles. The number of hydrogen-bond acceptors (Lipinski definition) is 0. The lowest BCUT2D eigenvalue weighted by Gasteiger charge is -2.10. The fraction of sp³-hybridized carbons (Fsp3) is 0.250. The Labute approximate surface area is 194 Å². The van der Waals surface area contributed by atoms with Crippen molar-refractivity contribution in [2.24, 2.45) is 0 Å². The van der Waals surface area contributed by atoms with E-state index in [0.29, 0.717) is 0 Å². The van der Waals surface area contributed by atoms with E-state index in [9.17, 15) is 0 Å². The monoisotopic (exact) mass is 418 g/mol. The number of aryl methyl sites for hydroxylation is 7. The Morgan fingerprint density at radius 2 is 1.09 bits per heavy atom. The quantitative estimate of drug-likeness (QED) is 0.270. The summed E-state index contributed by atoms with van der Waals surface area (Å²) in [6.45, 7) is 6.55. The van der Waals surface area contributed by atoms with Gasteiger partial charge >= 0.3 is 0 Å². The van der Waals surface area contributed by atoms with E-state index < -0.39 is 0 Å². The van der Waals surface area contributed by atoms with E-state index in [-0.39, 0.29) is 0 Å². The molecule has 0 saturated heterocycles. The minimum atomic E-state index is 1.11. The summed E-state index contributed by atoms with van der Waals surface area (Å²) in [6, 6.07) is 33.8. The number of benzene rings is 4. The van der Waals surface area contributed by atoms with Crippen LogP contribution < -0.4 is 0 Å². The van der Waals surface area contributed by atoms with Gasteiger partial charge < -0.3 is 0 Å². The Morgan fingerprint density at radius 1 is 0.469 bits per heavy atom. The third kappa shape index (κ3) is 5.98. The number of rotatable bonds is 8. The zero-order chi connectivity index (χ0) is 22.3. The van der Waals surface area contributed by atoms with E-state index in [2.05, 4.69) is 112 Å². The van der Waals surface area contributed by atoms with Gasteiger partial charge in [-0.2, -0.15) is 0 Å². The van der Waals surface area contributed by atoms with Crippen molar-refractivity contribution in [3.63, 3.8) is 0 Å². The second kappa shape index (κ2) is 10.5. The van der Waals surface area contributed by atoms with Gasteiger partial charge in [-0.05, 0) is 91.8 Å². The van der Waals surface area contributed by atoms with Gasteiger partial charge in [-0.1, -0.05) is 102 Å². The predicted octanol–water partition coefficient (Wildman–Crippen LogP) is 8.24. The predicted molar refractivity (Wildman–Crippen MR) is 138 cm³/mol. The molecular weight excluding hydrogens is 384 g/mol. The van der Waals surface area contributed by atoms with Crippen molar-refractivity contribution in [3.05, 3.63) is 130 Å². The van der Waals surface area contributed by atoms with Gasteiger partial charge in [0.1, 0.15) is 0 Å². The molecule has 0 spiro atoms. The van der Waals surface area contributed by atoms with Crippen molar-refractivity contribution in [1.82, 2.24) is 0 Å². The lowest BCUT2D eigenvalue weighted by atomic mass is 9.95. The molecule has 0 saturated carbocycles. The van der Waals surface area contributed by atoms with Gasteiger partial charge in [-0.15, -0.1) is 0 Å². The molecule has 0 nitrogen and oxygen atoms in total. The van der Waals surface area contributed by atoms with Crippen molar-refractivity contribution in [2.75, 3.05) is 0 Å². The van der Waals surface area contributed by atoms with Crippen LogP contribution in [-0.4, -0.2) is 0 Å². The Bertz CT molecular complexity index is 1150. The van der Waals surface area contributed by atoms with Crippen LogP contribution in [0.15, 0.2) is 91.0 Å². The van der Waals surface area contributed by atoms with Gasteiger partial charge in [0.2, 0.25) is 0 Å². The Hall–Kier alpha value is -3.12. The molecule has 0 amide bonds. The summed E-state index contributed by atoms with van der Waals surface area (Å²) in [5.41, 5.74) is 12.5. The molecule has 0 heterocycles. The van der Waals surface area contributed by atoms with Crippen LogP contribution in [0.2, 0.25) is 0 Å². The molecule has 0 N–H and O–H groups in total. The maximum absolute atomic E-state index is 2.44. The minimum absolute atomic E-state index is 1.11. The standard InChI is InChI=1S/C32H34/c1-24-10-18-30(19-11-24)31-20-16-27(17-21-31)7-5-9-32-23-29(13-12-26(32)3)15-14-28-8-4-6-25(2)22-28/h4,6,8,10-13,16-23H,5,7,9,14-15H2,1-3H3. The average Bonchev–Trinajstić information content (AvgIpc) is 2.80. The molecule has 0 atom stereocenters. The first kappa shape index (κ1) is 22.1. The van der Waals surface area contributed by atoms with Gasteiger partial charge in [0.05, 0.1) is 0 Å². The zero-order valence-electron chi connectivity index (χ0n) is 19.7. The van der Waals surface area contributed by atoms with E-state index >= 15 is 0 Å². The van der Waals surface area contributed by atoms with Crippen LogP contribution in [0.3, 0.4) is 0 Å². The minimum Gasteiger partial charge on any atom is -0.0617 e. The van der Waals surface area contributed by atoms with Gasteiger partial charge in [0.25, 0.3) is 0 Å². The normalized spacial score (nSPS) is 11.0. The highest BCUT2D eigenvalue weighted by molar-refractivity contribution is 5.63. The van der Waals surface area contributed by atoms with Crippen LogP contribution in [0.1, 0.15) is 45.4 Å². The second-order valence-electron chi connectivity index (χ2n) is 9.17. The van der Waals surface area contributed by atoms with E-state index in [4.69, 9.17) is 0 Å². The molecule has 0 radical (unpaired) electrons. The molecule has 4 aromatic rings. The van der Waals surface area contributed by atoms with Crippen molar-refractivity contribution < 1.29 is 0 Å². The first-order valence-electron chi connectivity index (χ1n) is 11.9. The lowest BCUT2D eigenvalue weighted by molar-refractivity contribution is 0.813. The number of hydrogen-bond donors (Lipinski definition) is 0. The fourth-order valence-corrected chi connectivity index (χ4v) is 4.40. The molecule has 0 aliphatic carbocycles. The highest BCUT2D eigenvalue weighted by atomic mass is 14.1. The van der Waals surface area contributed by atoms with Crippen LogP contribution in [0.5, 0.6) is 0 Å². The average molecular weight is 419 g/mol. The molecule has 0 aliphatic rings. The SMILES string of the molecule is Cc1ccc(-c2ccc(CCCc3cc(CCc4cccc(C)c4)ccc3C)cc2)cc1. The molecule has 162 valence electrons. The van der Waals surface area contributed by atoms with Crippen molar-refractivity contribution in [2.45, 2.75) is 52.9 Å². The van der Waals surface area contributed by atoms with Crippen molar-refractivity contribution in [1.29, 1.82) is 0 Å². The van der Waals surface area contributed by atoms with E-state index in [1.54, 1.807) is 0 Å². The molecular formula is C32H34. The highest BCUT2D eigenvalue weighted by Gasteiger charge is 2.04. The molecule has 0 fully saturated rings. The van der Waals surface area contributed by atoms with E-state index in [1.807, 2.05) is 0 Å². The smallest absolute Gasteiger partial charge is 0.0184 e. The first-order valence-corrected chi connectivity index (χ1v) is 11.9. The molecule has 0 heteroatoms. The fourth-order valence-electron chi connectivity index (χ4n) is 4.40. The van der Waals surface area contributed by atoms with E-state index in [0.717, 1.165) is 25.7 Å². The summed E-state index contributed by atoms with van der Waals surface area (Å²) < 4.78 is 0. The molecule has 4 rings (SSSR count). The van der Waals surface area contributed by atoms with Crippen LogP contribution in [0.4, 0.5) is 0 Å². The van der Waals surface area contributed by atoms with Gasteiger partial charge in [-0.25, -0.2) is 0 Å². The molecule has 4 aromatic carbocycles. The summed E-state index contributed by atoms with van der Waals surface area (Å²) in [7, 11) is 0. The summed E-state index contributed by atoms with van der Waals surface area (Å²) in [5.74, 6) is 0. The van der Waals surface area contributed by atoms with Crippen LogP contribution >= 0.6 is 0 Å². The molecule has 0 bridgehead atoms. The molecule has 32 heavy (non-hydrogen) atoms. The largest absolute Gasteiger partial charge is 0.0617 e. The van der Waals surface area contributed by atoms with Crippen molar-refractivity contribution >= 4 is 0 Å². The summed E-state index contributed by atoms with van der Waals surface area (Å²) in [6.07, 6.45) is 5.67. The summed E-state index contributed by atoms with van der Waals surface area (Å²) in [4.78, 5) is 0. The first-order chi connectivity index (χ1) is 15.6. The van der Waals surface area contributed by atoms with Crippen LogP contribution in [0, 0.1) is 20.8 Å². The highest BCUT2D eigenvalue weighted by Crippen LogP contribution is 2.22. The van der Waals surface area contributed by atoms with Gasteiger partial charge in [0.15, 0.2) is 0 Å². The topological polar surface area (TPSA) is 0 Å². The van der Waals surface area contributed by atoms with Gasteiger partial charge in [-0.3, -0.25) is 0 Å². The Balaban J connectivity index is 1.32. The maximum Gasteiger partial charge on any atom is -0.0184 e. The van der Waals surface area contributed by atoms with Gasteiger partial charge in [0, 0.05) is 0 Å². The third-order valence-corrected chi connectivity index (χ3v) is 6.45. The van der Waals surface area contributed by atoms with Crippen LogP contribution in [-0.2, 0) is 25.7 Å². The molecule has 0 unspecified atom stereocenters.